The maximum absolute atomic E-state index is 3.74. The average molecular weight is 155 g/mol. The van der Waals surface area contributed by atoms with Crippen molar-refractivity contribution in [2.24, 2.45) is 0 Å². The van der Waals surface area contributed by atoms with Gasteiger partial charge in [-0.15, -0.1) is 0 Å². The van der Waals surface area contributed by atoms with Crippen molar-refractivity contribution < 1.29 is 0 Å². The zero-order valence-corrected chi connectivity index (χ0v) is 7.04. The molecule has 2 rings (SSSR count). The van der Waals surface area contributed by atoms with Crippen LogP contribution in [0, 0.1) is 0 Å². The number of fused-ring (bicyclic) bond motifs is 2. The molecule has 1 N–H and O–H groups in total. The van der Waals surface area contributed by atoms with Gasteiger partial charge in [0, 0.05) is 11.1 Å². The Hall–Kier alpha value is -0.0400. The van der Waals surface area contributed by atoms with Crippen molar-refractivity contribution >= 4 is 0 Å². The molecule has 0 aromatic carbocycles. The molecule has 2 bridgehead atoms. The lowest BCUT2D eigenvalue weighted by Crippen LogP contribution is -2.50. The highest BCUT2D eigenvalue weighted by molar-refractivity contribution is 5.05. The van der Waals surface area contributed by atoms with Gasteiger partial charge in [0.15, 0.2) is 0 Å². The minimum Gasteiger partial charge on any atom is -0.306 e. The van der Waals surface area contributed by atoms with E-state index >= 15 is 0 Å². The fraction of sp³-hybridized carbons (Fsp3) is 1.00. The Morgan fingerprint density at radius 2 is 1.36 bits per heavy atom. The SMILES string of the molecule is C.CC12CCCC(C)(CC1)N2. The largest absolute Gasteiger partial charge is 0.306 e. The van der Waals surface area contributed by atoms with E-state index in [4.69, 9.17) is 0 Å². The number of rotatable bonds is 0. The van der Waals surface area contributed by atoms with E-state index in [9.17, 15) is 0 Å². The van der Waals surface area contributed by atoms with Gasteiger partial charge >= 0.3 is 0 Å². The van der Waals surface area contributed by atoms with Crippen molar-refractivity contribution in [2.45, 2.75) is 64.5 Å². The van der Waals surface area contributed by atoms with E-state index in [2.05, 4.69) is 19.2 Å². The van der Waals surface area contributed by atoms with E-state index in [0.717, 1.165) is 0 Å². The van der Waals surface area contributed by atoms with Crippen LogP contribution in [0.1, 0.15) is 53.4 Å². The van der Waals surface area contributed by atoms with Gasteiger partial charge < -0.3 is 5.32 Å². The molecular formula is C10H21N. The van der Waals surface area contributed by atoms with Gasteiger partial charge in [-0.1, -0.05) is 7.43 Å². The average Bonchev–Trinajstić information content (AvgIpc) is 2.03. The van der Waals surface area contributed by atoms with Crippen LogP contribution in [0.5, 0.6) is 0 Å². The Kier molecular flexibility index (Phi) is 2.04. The second-order valence-electron chi connectivity index (χ2n) is 4.60. The van der Waals surface area contributed by atoms with Crippen LogP contribution in [0.4, 0.5) is 0 Å². The Morgan fingerprint density at radius 3 is 1.73 bits per heavy atom. The van der Waals surface area contributed by atoms with Gasteiger partial charge in [0.25, 0.3) is 0 Å². The molecule has 11 heavy (non-hydrogen) atoms. The van der Waals surface area contributed by atoms with Gasteiger partial charge in [-0.3, -0.25) is 0 Å². The zero-order chi connectivity index (χ0) is 7.24. The highest BCUT2D eigenvalue weighted by Crippen LogP contribution is 2.41. The first-order valence-electron chi connectivity index (χ1n) is 4.41. The Balaban J connectivity index is 0.000000605. The molecule has 2 fully saturated rings. The maximum atomic E-state index is 3.74. The first-order chi connectivity index (χ1) is 4.62. The van der Waals surface area contributed by atoms with E-state index in [-0.39, 0.29) is 7.43 Å². The van der Waals surface area contributed by atoms with Crippen LogP contribution in [0.2, 0.25) is 0 Å². The maximum Gasteiger partial charge on any atom is 0.0159 e. The minimum absolute atomic E-state index is 0. The second-order valence-corrected chi connectivity index (χ2v) is 4.60. The normalized spacial score (nSPS) is 48.5. The molecule has 2 aliphatic heterocycles. The molecule has 2 unspecified atom stereocenters. The van der Waals surface area contributed by atoms with Crippen molar-refractivity contribution in [1.29, 1.82) is 0 Å². The molecule has 2 heterocycles. The third-order valence-electron chi connectivity index (χ3n) is 3.29. The summed E-state index contributed by atoms with van der Waals surface area (Å²) >= 11 is 0. The van der Waals surface area contributed by atoms with Crippen molar-refractivity contribution in [3.05, 3.63) is 0 Å². The van der Waals surface area contributed by atoms with Crippen LogP contribution in [-0.2, 0) is 0 Å². The van der Waals surface area contributed by atoms with E-state index in [1.807, 2.05) is 0 Å². The van der Waals surface area contributed by atoms with Crippen molar-refractivity contribution in [1.82, 2.24) is 5.32 Å². The molecular weight excluding hydrogens is 134 g/mol. The number of hydrogen-bond acceptors (Lipinski definition) is 1. The summed E-state index contributed by atoms with van der Waals surface area (Å²) in [6.07, 6.45) is 7.00. The molecule has 1 heteroatoms. The number of nitrogens with one attached hydrogen (secondary N) is 1. The molecule has 0 aromatic rings. The van der Waals surface area contributed by atoms with Crippen molar-refractivity contribution in [3.63, 3.8) is 0 Å². The highest BCUT2D eigenvalue weighted by Gasteiger charge is 2.44. The fourth-order valence-electron chi connectivity index (χ4n) is 2.65. The number of hydrogen-bond donors (Lipinski definition) is 1. The van der Waals surface area contributed by atoms with Crippen molar-refractivity contribution in [2.75, 3.05) is 0 Å². The summed E-state index contributed by atoms with van der Waals surface area (Å²) in [5.41, 5.74) is 1.01. The summed E-state index contributed by atoms with van der Waals surface area (Å²) in [5.74, 6) is 0. The van der Waals surface area contributed by atoms with E-state index in [0.29, 0.717) is 11.1 Å². The monoisotopic (exact) mass is 155 g/mol. The summed E-state index contributed by atoms with van der Waals surface area (Å²) in [5, 5.41) is 3.74. The summed E-state index contributed by atoms with van der Waals surface area (Å²) in [7, 11) is 0. The van der Waals surface area contributed by atoms with Gasteiger partial charge in [0.05, 0.1) is 0 Å². The number of piperidine rings is 1. The quantitative estimate of drug-likeness (QED) is 0.567. The third-order valence-corrected chi connectivity index (χ3v) is 3.29. The van der Waals surface area contributed by atoms with Crippen LogP contribution in [0.3, 0.4) is 0 Å². The van der Waals surface area contributed by atoms with Crippen molar-refractivity contribution in [3.8, 4) is 0 Å². The smallest absolute Gasteiger partial charge is 0.0159 e. The Morgan fingerprint density at radius 1 is 0.909 bits per heavy atom. The van der Waals surface area contributed by atoms with Crippen LogP contribution in [0.15, 0.2) is 0 Å². The van der Waals surface area contributed by atoms with E-state index in [1.165, 1.54) is 32.1 Å². The summed E-state index contributed by atoms with van der Waals surface area (Å²) < 4.78 is 0. The van der Waals surface area contributed by atoms with Gasteiger partial charge in [-0.25, -0.2) is 0 Å². The molecule has 66 valence electrons. The molecule has 0 spiro atoms. The summed E-state index contributed by atoms with van der Waals surface area (Å²) in [6, 6.07) is 0. The van der Waals surface area contributed by atoms with Gasteiger partial charge in [-0.05, 0) is 46.0 Å². The Labute approximate surface area is 70.6 Å². The molecule has 0 radical (unpaired) electrons. The molecule has 2 aliphatic rings. The lowest BCUT2D eigenvalue weighted by atomic mass is 9.89. The molecule has 2 saturated heterocycles. The second kappa shape index (κ2) is 2.48. The molecule has 1 nitrogen and oxygen atoms in total. The zero-order valence-electron chi connectivity index (χ0n) is 7.04. The highest BCUT2D eigenvalue weighted by atomic mass is 15.1. The van der Waals surface area contributed by atoms with Crippen LogP contribution in [-0.4, -0.2) is 11.1 Å². The van der Waals surface area contributed by atoms with Gasteiger partial charge in [-0.2, -0.15) is 0 Å². The molecule has 2 atom stereocenters. The van der Waals surface area contributed by atoms with Crippen LogP contribution in [0.25, 0.3) is 0 Å². The van der Waals surface area contributed by atoms with E-state index in [1.54, 1.807) is 0 Å². The van der Waals surface area contributed by atoms with E-state index < -0.39 is 0 Å². The molecule has 0 amide bonds. The van der Waals surface area contributed by atoms with Gasteiger partial charge in [0.2, 0.25) is 0 Å². The third kappa shape index (κ3) is 1.44. The molecule has 0 aliphatic carbocycles. The summed E-state index contributed by atoms with van der Waals surface area (Å²) in [4.78, 5) is 0. The first-order valence-corrected chi connectivity index (χ1v) is 4.41. The van der Waals surface area contributed by atoms with Crippen LogP contribution < -0.4 is 5.32 Å². The predicted molar refractivity (Wildman–Crippen MR) is 49.8 cm³/mol. The van der Waals surface area contributed by atoms with Crippen LogP contribution >= 0.6 is 0 Å². The lowest BCUT2D eigenvalue weighted by Gasteiger charge is -2.37. The molecule has 0 aromatic heterocycles. The molecule has 0 saturated carbocycles. The minimum atomic E-state index is 0. The Bertz CT molecular complexity index is 139. The summed E-state index contributed by atoms with van der Waals surface area (Å²) in [6.45, 7) is 4.74. The lowest BCUT2D eigenvalue weighted by molar-refractivity contribution is 0.235. The topological polar surface area (TPSA) is 12.0 Å². The standard InChI is InChI=1S/C9H17N.CH4/c1-8-4-3-5-9(2,10-8)7-6-8;/h10H,3-7H2,1-2H3;1H4. The predicted octanol–water partition coefficient (Wildman–Crippen LogP) is 2.71. The fourth-order valence-corrected chi connectivity index (χ4v) is 2.65. The first kappa shape index (κ1) is 9.05. The van der Waals surface area contributed by atoms with Gasteiger partial charge in [0.1, 0.15) is 0 Å².